The highest BCUT2D eigenvalue weighted by Crippen LogP contribution is 2.24. The van der Waals surface area contributed by atoms with Gasteiger partial charge in [0.25, 0.3) is 0 Å². The maximum Gasteiger partial charge on any atom is 0.246 e. The Morgan fingerprint density at radius 2 is 1.77 bits per heavy atom. The third-order valence-corrected chi connectivity index (χ3v) is 7.39. The second-order valence-electron chi connectivity index (χ2n) is 7.54. The fourth-order valence-corrected chi connectivity index (χ4v) is 5.16. The Balaban J connectivity index is 1.31. The van der Waals surface area contributed by atoms with E-state index in [1.54, 1.807) is 30.3 Å². The van der Waals surface area contributed by atoms with Gasteiger partial charge in [-0.15, -0.1) is 0 Å². The van der Waals surface area contributed by atoms with Crippen LogP contribution in [0, 0.1) is 12.8 Å². The molecule has 1 amide bonds. The van der Waals surface area contributed by atoms with Gasteiger partial charge in [0.15, 0.2) is 0 Å². The van der Waals surface area contributed by atoms with E-state index >= 15 is 0 Å². The van der Waals surface area contributed by atoms with Crippen molar-refractivity contribution in [3.8, 4) is 11.4 Å². The molecule has 162 valence electrons. The minimum absolute atomic E-state index is 0.132. The Morgan fingerprint density at radius 1 is 1.10 bits per heavy atom. The third kappa shape index (κ3) is 4.67. The number of piperidine rings is 1. The molecule has 9 heteroatoms. The van der Waals surface area contributed by atoms with Gasteiger partial charge in [0, 0.05) is 24.6 Å². The molecule has 1 saturated heterocycles. The van der Waals surface area contributed by atoms with E-state index in [-0.39, 0.29) is 23.3 Å². The van der Waals surface area contributed by atoms with E-state index < -0.39 is 10.0 Å². The fraction of sp³-hybridized carbons (Fsp3) is 0.318. The molecule has 4 rings (SSSR count). The normalized spacial score (nSPS) is 15.6. The van der Waals surface area contributed by atoms with Gasteiger partial charge in [-0.05, 0) is 37.5 Å². The van der Waals surface area contributed by atoms with Crippen LogP contribution in [0.5, 0.6) is 0 Å². The molecule has 2 aromatic carbocycles. The number of hydrogen-bond acceptors (Lipinski definition) is 6. The molecule has 1 fully saturated rings. The zero-order chi connectivity index (χ0) is 21.8. The van der Waals surface area contributed by atoms with E-state index in [2.05, 4.69) is 15.5 Å². The summed E-state index contributed by atoms with van der Waals surface area (Å²) in [5.41, 5.74) is 1.92. The fourth-order valence-electron chi connectivity index (χ4n) is 3.67. The lowest BCUT2D eigenvalue weighted by molar-refractivity contribution is -0.126. The number of aromatic nitrogens is 2. The molecule has 0 aliphatic carbocycles. The van der Waals surface area contributed by atoms with Crippen molar-refractivity contribution < 1.29 is 17.7 Å². The molecule has 2 heterocycles. The summed E-state index contributed by atoms with van der Waals surface area (Å²) >= 11 is 0. The van der Waals surface area contributed by atoms with Crippen LogP contribution < -0.4 is 5.32 Å². The molecule has 0 radical (unpaired) electrons. The molecule has 0 unspecified atom stereocenters. The Hall–Kier alpha value is -3.04. The Bertz CT molecular complexity index is 1150. The van der Waals surface area contributed by atoms with Gasteiger partial charge in [0.1, 0.15) is 0 Å². The summed E-state index contributed by atoms with van der Waals surface area (Å²) in [5, 5.41) is 6.82. The quantitative estimate of drug-likeness (QED) is 0.632. The number of nitrogens with one attached hydrogen (secondary N) is 1. The average Bonchev–Trinajstić information content (AvgIpc) is 3.27. The zero-order valence-corrected chi connectivity index (χ0v) is 18.0. The third-order valence-electron chi connectivity index (χ3n) is 5.47. The number of nitrogens with zero attached hydrogens (tertiary/aromatic N) is 3. The van der Waals surface area contributed by atoms with Crippen molar-refractivity contribution >= 4 is 15.9 Å². The SMILES string of the molecule is Cc1ccccc1-c1noc(CNC(=O)C2CCN(S(=O)(=O)c3ccccc3)CC2)n1. The van der Waals surface area contributed by atoms with Crippen molar-refractivity contribution in [1.82, 2.24) is 19.8 Å². The van der Waals surface area contributed by atoms with Crippen LogP contribution in [0.2, 0.25) is 0 Å². The number of amides is 1. The first-order valence-electron chi connectivity index (χ1n) is 10.2. The predicted octanol–water partition coefficient (Wildman–Crippen LogP) is 2.76. The van der Waals surface area contributed by atoms with Crippen LogP contribution in [0.15, 0.2) is 64.0 Å². The minimum Gasteiger partial charge on any atom is -0.347 e. The molecule has 1 N–H and O–H groups in total. The topological polar surface area (TPSA) is 105 Å². The van der Waals surface area contributed by atoms with Crippen molar-refractivity contribution in [3.63, 3.8) is 0 Å². The number of sulfonamides is 1. The van der Waals surface area contributed by atoms with Crippen LogP contribution >= 0.6 is 0 Å². The van der Waals surface area contributed by atoms with E-state index in [0.29, 0.717) is 37.6 Å². The Morgan fingerprint density at radius 3 is 2.48 bits per heavy atom. The molecule has 0 saturated carbocycles. The molecule has 0 atom stereocenters. The maximum atomic E-state index is 12.7. The van der Waals surface area contributed by atoms with Crippen molar-refractivity contribution in [2.75, 3.05) is 13.1 Å². The largest absolute Gasteiger partial charge is 0.347 e. The number of rotatable bonds is 6. The van der Waals surface area contributed by atoms with Crippen LogP contribution in [0.4, 0.5) is 0 Å². The minimum atomic E-state index is -3.53. The summed E-state index contributed by atoms with van der Waals surface area (Å²) in [4.78, 5) is 17.2. The highest BCUT2D eigenvalue weighted by molar-refractivity contribution is 7.89. The van der Waals surface area contributed by atoms with Crippen LogP contribution in [0.3, 0.4) is 0 Å². The molecule has 1 aliphatic heterocycles. The summed E-state index contributed by atoms with van der Waals surface area (Å²) in [7, 11) is -3.53. The summed E-state index contributed by atoms with van der Waals surface area (Å²) in [6, 6.07) is 16.1. The smallest absolute Gasteiger partial charge is 0.246 e. The molecule has 0 bridgehead atoms. The van der Waals surface area contributed by atoms with Crippen molar-refractivity contribution in [3.05, 3.63) is 66.1 Å². The van der Waals surface area contributed by atoms with Gasteiger partial charge < -0.3 is 9.84 Å². The van der Waals surface area contributed by atoms with E-state index in [1.165, 1.54) is 4.31 Å². The van der Waals surface area contributed by atoms with Gasteiger partial charge in [-0.3, -0.25) is 4.79 Å². The van der Waals surface area contributed by atoms with E-state index in [4.69, 9.17) is 4.52 Å². The molecule has 31 heavy (non-hydrogen) atoms. The first-order valence-corrected chi connectivity index (χ1v) is 11.6. The molecule has 1 aliphatic rings. The lowest BCUT2D eigenvalue weighted by Crippen LogP contribution is -2.42. The van der Waals surface area contributed by atoms with Crippen molar-refractivity contribution in [2.45, 2.75) is 31.2 Å². The summed E-state index contributed by atoms with van der Waals surface area (Å²) < 4.78 is 32.1. The molecule has 1 aromatic heterocycles. The average molecular weight is 441 g/mol. The van der Waals surface area contributed by atoms with Gasteiger partial charge in [-0.2, -0.15) is 9.29 Å². The first kappa shape index (κ1) is 21.2. The Labute approximate surface area is 181 Å². The molecule has 0 spiro atoms. The monoisotopic (exact) mass is 440 g/mol. The van der Waals surface area contributed by atoms with Gasteiger partial charge >= 0.3 is 0 Å². The Kier molecular flexibility index (Phi) is 6.15. The van der Waals surface area contributed by atoms with Crippen LogP contribution in [0.1, 0.15) is 24.3 Å². The summed E-state index contributed by atoms with van der Waals surface area (Å²) in [6.45, 7) is 2.73. The lowest BCUT2D eigenvalue weighted by Gasteiger charge is -2.30. The number of carbonyl (C=O) groups is 1. The van der Waals surface area contributed by atoms with Crippen LogP contribution in [-0.2, 0) is 21.4 Å². The van der Waals surface area contributed by atoms with Gasteiger partial charge in [0.05, 0.1) is 11.4 Å². The van der Waals surface area contributed by atoms with Gasteiger partial charge in [-0.1, -0.05) is 47.6 Å². The second kappa shape index (κ2) is 8.99. The standard InChI is InChI=1S/C22H24N4O4S/c1-16-7-5-6-10-19(16)21-24-20(30-25-21)15-23-22(27)17-11-13-26(14-12-17)31(28,29)18-8-3-2-4-9-18/h2-10,17H,11-15H2,1H3,(H,23,27). The van der Waals surface area contributed by atoms with E-state index in [0.717, 1.165) is 11.1 Å². The van der Waals surface area contributed by atoms with E-state index in [9.17, 15) is 13.2 Å². The number of aryl methyl sites for hydroxylation is 1. The highest BCUT2D eigenvalue weighted by Gasteiger charge is 2.32. The van der Waals surface area contributed by atoms with E-state index in [1.807, 2.05) is 31.2 Å². The number of benzene rings is 2. The molecule has 3 aromatic rings. The van der Waals surface area contributed by atoms with Gasteiger partial charge in [-0.25, -0.2) is 8.42 Å². The maximum absolute atomic E-state index is 12.7. The lowest BCUT2D eigenvalue weighted by atomic mass is 9.97. The summed E-state index contributed by atoms with van der Waals surface area (Å²) in [5.74, 6) is 0.436. The molecule has 8 nitrogen and oxygen atoms in total. The number of carbonyl (C=O) groups excluding carboxylic acids is 1. The molecular weight excluding hydrogens is 416 g/mol. The molecular formula is C22H24N4O4S. The zero-order valence-electron chi connectivity index (χ0n) is 17.2. The number of hydrogen-bond donors (Lipinski definition) is 1. The second-order valence-corrected chi connectivity index (χ2v) is 9.47. The van der Waals surface area contributed by atoms with Crippen LogP contribution in [-0.4, -0.2) is 41.9 Å². The van der Waals surface area contributed by atoms with Crippen molar-refractivity contribution in [2.24, 2.45) is 5.92 Å². The van der Waals surface area contributed by atoms with Gasteiger partial charge in [0.2, 0.25) is 27.6 Å². The first-order chi connectivity index (χ1) is 14.9. The van der Waals surface area contributed by atoms with Crippen molar-refractivity contribution in [1.29, 1.82) is 0 Å². The predicted molar refractivity (Wildman–Crippen MR) is 114 cm³/mol. The summed E-state index contributed by atoms with van der Waals surface area (Å²) in [6.07, 6.45) is 0.937. The van der Waals surface area contributed by atoms with Crippen LogP contribution in [0.25, 0.3) is 11.4 Å². The highest BCUT2D eigenvalue weighted by atomic mass is 32.2.